The fraction of sp³-hybridized carbons (Fsp3) is 0.350. The van der Waals surface area contributed by atoms with Crippen molar-refractivity contribution in [2.75, 3.05) is 4.90 Å². The van der Waals surface area contributed by atoms with Crippen molar-refractivity contribution in [2.24, 2.45) is 0 Å². The zero-order valence-electron chi connectivity index (χ0n) is 26.6. The fourth-order valence-corrected chi connectivity index (χ4v) is 7.97. The van der Waals surface area contributed by atoms with E-state index in [0.29, 0.717) is 5.92 Å². The number of benzene rings is 4. The third kappa shape index (κ3) is 4.14. The summed E-state index contributed by atoms with van der Waals surface area (Å²) in [5.41, 5.74) is 15.8. The van der Waals surface area contributed by atoms with Crippen molar-refractivity contribution < 1.29 is 4.42 Å². The lowest BCUT2D eigenvalue weighted by Gasteiger charge is -2.38. The standard InChI is InChI=1S/C40H42BNO/c1-39(2,3)27-16-19-29(20-17-27)42-33-24-28(40(4,5)6)18-21-32(33)41-37-31(36-30-14-10-11-15-35(30)43-38(36)41)22-26(23-34(37)42)25-12-8-7-9-13-25/h10-11,14-25H,7-9,12-13H2,1-6H3. The molecule has 1 fully saturated rings. The Hall–Kier alpha value is -3.72. The normalized spacial score (nSPS) is 16.4. The molecule has 1 aromatic heterocycles. The Labute approximate surface area is 257 Å². The molecule has 1 aliphatic carbocycles. The summed E-state index contributed by atoms with van der Waals surface area (Å²) < 4.78 is 6.80. The average Bonchev–Trinajstić information content (AvgIpc) is 3.52. The van der Waals surface area contributed by atoms with Crippen molar-refractivity contribution in [3.63, 3.8) is 0 Å². The number of nitrogens with zero attached hydrogens (tertiary/aromatic N) is 1. The van der Waals surface area contributed by atoms with E-state index in [1.165, 1.54) is 93.3 Å². The SMILES string of the molecule is CC(C)(C)c1ccc(N2c3cc(C(C)(C)C)ccc3B3c4oc5ccccc5c4-c4cc(C5CCCCC5)cc2c43)cc1. The van der Waals surface area contributed by atoms with Crippen LogP contribution in [0.2, 0.25) is 0 Å². The van der Waals surface area contributed by atoms with E-state index in [-0.39, 0.29) is 17.5 Å². The first-order chi connectivity index (χ1) is 20.6. The average molecular weight is 564 g/mol. The van der Waals surface area contributed by atoms with Gasteiger partial charge in [-0.15, -0.1) is 0 Å². The van der Waals surface area contributed by atoms with Gasteiger partial charge in [-0.2, -0.15) is 0 Å². The van der Waals surface area contributed by atoms with Gasteiger partial charge in [-0.05, 0) is 93.1 Å². The highest BCUT2D eigenvalue weighted by molar-refractivity contribution is 7.01. The predicted molar refractivity (Wildman–Crippen MR) is 184 cm³/mol. The van der Waals surface area contributed by atoms with Crippen LogP contribution < -0.4 is 21.5 Å². The minimum absolute atomic E-state index is 0.0480. The smallest absolute Gasteiger partial charge is 0.293 e. The Morgan fingerprint density at radius 1 is 0.721 bits per heavy atom. The molecule has 0 radical (unpaired) electrons. The minimum atomic E-state index is 0.0480. The van der Waals surface area contributed by atoms with Gasteiger partial charge in [-0.3, -0.25) is 0 Å². The van der Waals surface area contributed by atoms with E-state index >= 15 is 0 Å². The molecule has 3 heterocycles. The van der Waals surface area contributed by atoms with Crippen molar-refractivity contribution in [1.29, 1.82) is 0 Å². The molecule has 2 nitrogen and oxygen atoms in total. The van der Waals surface area contributed by atoms with E-state index in [1.807, 2.05) is 0 Å². The summed E-state index contributed by atoms with van der Waals surface area (Å²) in [7, 11) is 0. The van der Waals surface area contributed by atoms with E-state index in [9.17, 15) is 0 Å². The number of fused-ring (bicyclic) bond motifs is 7. The quantitative estimate of drug-likeness (QED) is 0.195. The molecule has 1 saturated carbocycles. The van der Waals surface area contributed by atoms with Crippen LogP contribution in [0.5, 0.6) is 0 Å². The van der Waals surface area contributed by atoms with Gasteiger partial charge in [0.15, 0.2) is 0 Å². The monoisotopic (exact) mass is 563 g/mol. The molecule has 0 unspecified atom stereocenters. The number of rotatable bonds is 2. The molecule has 0 saturated heterocycles. The Kier molecular flexibility index (Phi) is 5.87. The van der Waals surface area contributed by atoms with Gasteiger partial charge in [0.1, 0.15) is 5.58 Å². The summed E-state index contributed by atoms with van der Waals surface area (Å²) in [6.45, 7) is 13.9. The molecule has 0 amide bonds. The van der Waals surface area contributed by atoms with Gasteiger partial charge in [0, 0.05) is 28.0 Å². The molecule has 3 heteroatoms. The van der Waals surface area contributed by atoms with Crippen LogP contribution in [-0.4, -0.2) is 6.71 Å². The van der Waals surface area contributed by atoms with Crippen LogP contribution >= 0.6 is 0 Å². The summed E-state index contributed by atoms with van der Waals surface area (Å²) in [6, 6.07) is 30.3. The lowest BCUT2D eigenvalue weighted by molar-refractivity contribution is 0.444. The number of furan rings is 1. The van der Waals surface area contributed by atoms with Gasteiger partial charge in [-0.1, -0.05) is 109 Å². The van der Waals surface area contributed by atoms with E-state index in [1.54, 1.807) is 0 Å². The molecule has 3 aliphatic rings. The molecule has 0 N–H and O–H groups in total. The molecule has 43 heavy (non-hydrogen) atoms. The molecular weight excluding hydrogens is 521 g/mol. The lowest BCUT2D eigenvalue weighted by atomic mass is 9.39. The van der Waals surface area contributed by atoms with Crippen molar-refractivity contribution in [3.05, 3.63) is 95.6 Å². The van der Waals surface area contributed by atoms with Crippen LogP contribution in [0.25, 0.3) is 22.1 Å². The summed E-state index contributed by atoms with van der Waals surface area (Å²) in [5.74, 6) is 0.614. The zero-order chi connectivity index (χ0) is 29.7. The third-order valence-corrected chi connectivity index (χ3v) is 10.4. The van der Waals surface area contributed by atoms with Crippen LogP contribution in [0.3, 0.4) is 0 Å². The molecule has 2 aliphatic heterocycles. The van der Waals surface area contributed by atoms with Crippen molar-refractivity contribution in [1.82, 2.24) is 0 Å². The molecular formula is C40H42BNO. The zero-order valence-corrected chi connectivity index (χ0v) is 26.6. The number of anilines is 3. The largest absolute Gasteiger partial charge is 0.470 e. The van der Waals surface area contributed by atoms with Gasteiger partial charge < -0.3 is 9.32 Å². The van der Waals surface area contributed by atoms with Crippen molar-refractivity contribution >= 4 is 51.3 Å². The van der Waals surface area contributed by atoms with Gasteiger partial charge in [0.2, 0.25) is 0 Å². The van der Waals surface area contributed by atoms with Crippen LogP contribution in [0.1, 0.15) is 96.3 Å². The minimum Gasteiger partial charge on any atom is -0.470 e. The van der Waals surface area contributed by atoms with Gasteiger partial charge in [-0.25, -0.2) is 0 Å². The first-order valence-corrected chi connectivity index (χ1v) is 16.3. The maximum atomic E-state index is 6.80. The molecule has 216 valence electrons. The second kappa shape index (κ2) is 9.39. The Morgan fingerprint density at radius 2 is 1.42 bits per heavy atom. The van der Waals surface area contributed by atoms with Gasteiger partial charge in [0.25, 0.3) is 6.71 Å². The Bertz CT molecular complexity index is 1880. The van der Waals surface area contributed by atoms with Crippen LogP contribution in [0, 0.1) is 0 Å². The topological polar surface area (TPSA) is 16.4 Å². The maximum Gasteiger partial charge on any atom is 0.293 e. The van der Waals surface area contributed by atoms with Crippen LogP contribution in [-0.2, 0) is 10.8 Å². The highest BCUT2D eigenvalue weighted by Gasteiger charge is 2.46. The second-order valence-electron chi connectivity index (χ2n) is 15.3. The van der Waals surface area contributed by atoms with Crippen LogP contribution in [0.4, 0.5) is 17.1 Å². The first-order valence-electron chi connectivity index (χ1n) is 16.3. The number of hydrogen-bond acceptors (Lipinski definition) is 2. The Balaban J connectivity index is 1.44. The van der Waals surface area contributed by atoms with E-state index in [4.69, 9.17) is 4.42 Å². The molecule has 0 atom stereocenters. The summed E-state index contributed by atoms with van der Waals surface area (Å²) in [5, 5.41) is 1.24. The number of hydrogen-bond donors (Lipinski definition) is 0. The third-order valence-electron chi connectivity index (χ3n) is 10.4. The van der Waals surface area contributed by atoms with E-state index < -0.39 is 0 Å². The fourth-order valence-electron chi connectivity index (χ4n) is 7.97. The molecule has 0 bridgehead atoms. The Morgan fingerprint density at radius 3 is 2.14 bits per heavy atom. The van der Waals surface area contributed by atoms with Crippen molar-refractivity contribution in [2.45, 2.75) is 90.4 Å². The highest BCUT2D eigenvalue weighted by atomic mass is 16.3. The second-order valence-corrected chi connectivity index (χ2v) is 15.3. The highest BCUT2D eigenvalue weighted by Crippen LogP contribution is 2.46. The first kappa shape index (κ1) is 26.9. The summed E-state index contributed by atoms with van der Waals surface area (Å²) >= 11 is 0. The molecule has 0 spiro atoms. The maximum absolute atomic E-state index is 6.80. The van der Waals surface area contributed by atoms with Gasteiger partial charge >= 0.3 is 0 Å². The van der Waals surface area contributed by atoms with Crippen molar-refractivity contribution in [3.8, 4) is 11.1 Å². The van der Waals surface area contributed by atoms with E-state index in [0.717, 1.165) is 11.2 Å². The summed E-state index contributed by atoms with van der Waals surface area (Å²) in [6.07, 6.45) is 6.59. The van der Waals surface area contributed by atoms with Crippen LogP contribution in [0.15, 0.2) is 83.3 Å². The number of para-hydroxylation sites is 1. The lowest BCUT2D eigenvalue weighted by Crippen LogP contribution is -2.54. The molecule has 5 aromatic rings. The van der Waals surface area contributed by atoms with E-state index in [2.05, 4.69) is 125 Å². The predicted octanol–water partition coefficient (Wildman–Crippen LogP) is 9.36. The summed E-state index contributed by atoms with van der Waals surface area (Å²) in [4.78, 5) is 2.58. The van der Waals surface area contributed by atoms with Gasteiger partial charge in [0.05, 0.1) is 5.66 Å². The molecule has 4 aromatic carbocycles. The molecule has 8 rings (SSSR count).